The van der Waals surface area contributed by atoms with Gasteiger partial charge in [-0.3, -0.25) is 9.36 Å². The van der Waals surface area contributed by atoms with E-state index in [-0.39, 0.29) is 11.6 Å². The van der Waals surface area contributed by atoms with Gasteiger partial charge in [0, 0.05) is 15.3 Å². The van der Waals surface area contributed by atoms with Gasteiger partial charge in [0.15, 0.2) is 4.80 Å². The van der Waals surface area contributed by atoms with Crippen LogP contribution in [0.2, 0.25) is 0 Å². The first-order valence-corrected chi connectivity index (χ1v) is 13.5. The van der Waals surface area contributed by atoms with Crippen LogP contribution in [-0.4, -0.2) is 10.8 Å². The lowest BCUT2D eigenvalue weighted by molar-refractivity contribution is 0.585. The van der Waals surface area contributed by atoms with Crippen molar-refractivity contribution in [2.24, 2.45) is 4.99 Å². The Morgan fingerprint density at radius 1 is 1.06 bits per heavy atom. The van der Waals surface area contributed by atoms with Crippen LogP contribution in [0.5, 0.6) is 0 Å². The van der Waals surface area contributed by atoms with Crippen LogP contribution in [0.4, 0.5) is 0 Å². The standard InChI is InChI=1S/C26H20N2OS3/c1-30-18-11-8-17(9-12-18)24-21-13-10-16-5-2-3-7-20(16)23(21)27-26-28(24)25(29)22(32-26)15-19-6-4-14-31-19/h2-9,11-12,14-15,24H,10,13H2,1H3/b22-15-/t24-/m0/s1. The zero-order valence-electron chi connectivity index (χ0n) is 17.4. The van der Waals surface area contributed by atoms with Crippen molar-refractivity contribution >= 4 is 46.2 Å². The van der Waals surface area contributed by atoms with Gasteiger partial charge in [-0.15, -0.1) is 23.1 Å². The molecule has 158 valence electrons. The monoisotopic (exact) mass is 472 g/mol. The fourth-order valence-corrected chi connectivity index (χ4v) is 6.74. The lowest BCUT2D eigenvalue weighted by atomic mass is 9.83. The predicted octanol–water partition coefficient (Wildman–Crippen LogP) is 5.10. The third kappa shape index (κ3) is 3.25. The van der Waals surface area contributed by atoms with Crippen LogP contribution in [0.3, 0.4) is 0 Å². The molecule has 3 heterocycles. The Kier molecular flexibility index (Phi) is 5.01. The minimum Gasteiger partial charge on any atom is -0.272 e. The van der Waals surface area contributed by atoms with Crippen LogP contribution in [-0.2, 0) is 6.42 Å². The van der Waals surface area contributed by atoms with E-state index < -0.39 is 0 Å². The third-order valence-corrected chi connectivity index (χ3v) is 8.67. The number of aromatic nitrogens is 1. The van der Waals surface area contributed by atoms with E-state index in [0.29, 0.717) is 0 Å². The molecule has 1 atom stereocenters. The number of nitrogens with zero attached hydrogens (tertiary/aromatic N) is 2. The Morgan fingerprint density at radius 2 is 1.91 bits per heavy atom. The van der Waals surface area contributed by atoms with Crippen molar-refractivity contribution in [1.29, 1.82) is 0 Å². The summed E-state index contributed by atoms with van der Waals surface area (Å²) in [5, 5.41) is 2.04. The summed E-state index contributed by atoms with van der Waals surface area (Å²) in [6.07, 6.45) is 5.98. The molecule has 0 spiro atoms. The fourth-order valence-electron chi connectivity index (χ4n) is 4.61. The fraction of sp³-hybridized carbons (Fsp3) is 0.154. The number of allylic oxidation sites excluding steroid dienone is 1. The topological polar surface area (TPSA) is 34.4 Å². The molecule has 0 saturated heterocycles. The van der Waals surface area contributed by atoms with Crippen LogP contribution in [0, 0.1) is 0 Å². The second-order valence-corrected chi connectivity index (χ2v) is 10.8. The lowest BCUT2D eigenvalue weighted by Crippen LogP contribution is -2.38. The maximum absolute atomic E-state index is 13.6. The summed E-state index contributed by atoms with van der Waals surface area (Å²) >= 11 is 4.87. The van der Waals surface area contributed by atoms with E-state index in [9.17, 15) is 4.79 Å². The molecule has 3 nitrogen and oxygen atoms in total. The van der Waals surface area contributed by atoms with Gasteiger partial charge in [-0.2, -0.15) is 0 Å². The summed E-state index contributed by atoms with van der Waals surface area (Å²) in [6.45, 7) is 0. The maximum atomic E-state index is 13.6. The van der Waals surface area contributed by atoms with Gasteiger partial charge < -0.3 is 0 Å². The Bertz CT molecular complexity index is 1520. The Labute approximate surface area is 198 Å². The molecule has 0 unspecified atom stereocenters. The summed E-state index contributed by atoms with van der Waals surface area (Å²) in [6, 6.07) is 21.1. The van der Waals surface area contributed by atoms with Crippen LogP contribution in [0.1, 0.15) is 34.0 Å². The minimum absolute atomic E-state index is 0.0477. The van der Waals surface area contributed by atoms with Crippen molar-refractivity contribution in [2.75, 3.05) is 6.26 Å². The summed E-state index contributed by atoms with van der Waals surface area (Å²) in [5.41, 5.74) is 6.03. The van der Waals surface area contributed by atoms with Crippen molar-refractivity contribution in [1.82, 2.24) is 4.57 Å². The van der Waals surface area contributed by atoms with Crippen LogP contribution < -0.4 is 14.9 Å². The Morgan fingerprint density at radius 3 is 2.69 bits per heavy atom. The molecular formula is C26H20N2OS3. The maximum Gasteiger partial charge on any atom is 0.271 e. The summed E-state index contributed by atoms with van der Waals surface area (Å²) < 4.78 is 2.66. The average Bonchev–Trinajstić information content (AvgIpc) is 3.46. The molecule has 2 aliphatic rings. The van der Waals surface area contributed by atoms with Crippen molar-refractivity contribution in [2.45, 2.75) is 23.8 Å². The van der Waals surface area contributed by atoms with Crippen LogP contribution in [0.15, 0.2) is 86.3 Å². The molecule has 1 aliphatic carbocycles. The molecule has 0 saturated carbocycles. The van der Waals surface area contributed by atoms with Crippen molar-refractivity contribution in [3.05, 3.63) is 113 Å². The number of thiophene rings is 1. The van der Waals surface area contributed by atoms with E-state index in [1.165, 1.54) is 32.9 Å². The Balaban J connectivity index is 1.63. The highest BCUT2D eigenvalue weighted by Crippen LogP contribution is 2.41. The molecule has 1 aliphatic heterocycles. The highest BCUT2D eigenvalue weighted by Gasteiger charge is 2.32. The number of aryl methyl sites for hydroxylation is 1. The van der Waals surface area contributed by atoms with Crippen molar-refractivity contribution in [3.8, 4) is 0 Å². The molecule has 0 radical (unpaired) electrons. The molecule has 2 aromatic carbocycles. The van der Waals surface area contributed by atoms with Gasteiger partial charge in [0.1, 0.15) is 0 Å². The third-order valence-electron chi connectivity index (χ3n) is 6.12. The van der Waals surface area contributed by atoms with Gasteiger partial charge in [0.2, 0.25) is 0 Å². The number of thiazole rings is 1. The zero-order chi connectivity index (χ0) is 21.7. The molecule has 0 fully saturated rings. The summed E-state index contributed by atoms with van der Waals surface area (Å²) in [4.78, 5) is 21.8. The minimum atomic E-state index is -0.115. The van der Waals surface area contributed by atoms with Gasteiger partial charge in [0.05, 0.1) is 16.3 Å². The molecule has 0 N–H and O–H groups in total. The van der Waals surface area contributed by atoms with Gasteiger partial charge in [-0.25, -0.2) is 4.99 Å². The van der Waals surface area contributed by atoms with Crippen LogP contribution in [0.25, 0.3) is 11.8 Å². The molecule has 2 aromatic heterocycles. The number of fused-ring (bicyclic) bond motifs is 3. The van der Waals surface area contributed by atoms with E-state index in [4.69, 9.17) is 4.99 Å². The van der Waals surface area contributed by atoms with Gasteiger partial charge in [-0.05, 0) is 65.5 Å². The molecule has 6 heteroatoms. The first-order valence-electron chi connectivity index (χ1n) is 10.5. The molecular weight excluding hydrogens is 453 g/mol. The zero-order valence-corrected chi connectivity index (χ0v) is 19.9. The SMILES string of the molecule is CSc1ccc([C@H]2C3=C(N=c4s/c(=C\c5cccs5)c(=O)n42)c2ccccc2CC3)cc1. The average molecular weight is 473 g/mol. The second-order valence-electron chi connectivity index (χ2n) is 7.90. The van der Waals surface area contributed by atoms with Gasteiger partial charge in [-0.1, -0.05) is 53.8 Å². The molecule has 32 heavy (non-hydrogen) atoms. The summed E-state index contributed by atoms with van der Waals surface area (Å²) in [7, 11) is 0. The highest BCUT2D eigenvalue weighted by molar-refractivity contribution is 7.98. The van der Waals surface area contributed by atoms with E-state index in [1.54, 1.807) is 23.1 Å². The Hall–Kier alpha value is -2.67. The first-order chi connectivity index (χ1) is 15.7. The van der Waals surface area contributed by atoms with Crippen molar-refractivity contribution in [3.63, 3.8) is 0 Å². The second kappa shape index (κ2) is 8.03. The number of thioether (sulfide) groups is 1. The number of hydrogen-bond donors (Lipinski definition) is 0. The quantitative estimate of drug-likeness (QED) is 0.389. The number of benzene rings is 2. The van der Waals surface area contributed by atoms with Crippen LogP contribution >= 0.6 is 34.4 Å². The molecule has 0 bridgehead atoms. The normalized spacial score (nSPS) is 17.5. The van der Waals surface area contributed by atoms with E-state index >= 15 is 0 Å². The van der Waals surface area contributed by atoms with E-state index in [1.807, 2.05) is 28.2 Å². The lowest BCUT2D eigenvalue weighted by Gasteiger charge is -2.30. The molecule has 0 amide bonds. The largest absolute Gasteiger partial charge is 0.272 e. The highest BCUT2D eigenvalue weighted by atomic mass is 32.2. The van der Waals surface area contributed by atoms with E-state index in [0.717, 1.165) is 38.3 Å². The smallest absolute Gasteiger partial charge is 0.271 e. The molecule has 6 rings (SSSR count). The van der Waals surface area contributed by atoms with Gasteiger partial charge >= 0.3 is 0 Å². The van der Waals surface area contributed by atoms with Gasteiger partial charge in [0.25, 0.3) is 5.56 Å². The number of rotatable bonds is 3. The van der Waals surface area contributed by atoms with Crippen molar-refractivity contribution < 1.29 is 0 Å². The first kappa shape index (κ1) is 20.0. The molecule has 4 aromatic rings. The number of hydrogen-bond acceptors (Lipinski definition) is 5. The van der Waals surface area contributed by atoms with E-state index in [2.05, 4.69) is 54.8 Å². The summed E-state index contributed by atoms with van der Waals surface area (Å²) in [5.74, 6) is 0. The predicted molar refractivity (Wildman–Crippen MR) is 135 cm³/mol.